The standard InChI is InChI=1S/C27H39N3O4S/c1-7-22(4)28-27(32)23(5)29(19-24-15-13-20(2)14-16-24)26(31)12-9-17-30(35(6,33)34)25-11-8-10-21(3)18-25/h8,10-11,13-16,18,22-23H,7,9,12,17,19H2,1-6H3,(H,28,32)/t22-,23-/m0/s1. The van der Waals surface area contributed by atoms with Crippen molar-refractivity contribution in [3.05, 3.63) is 65.2 Å². The monoisotopic (exact) mass is 501 g/mol. The fourth-order valence-electron chi connectivity index (χ4n) is 3.73. The number of sulfonamides is 1. The third-order valence-corrected chi connectivity index (χ3v) is 7.28. The zero-order chi connectivity index (χ0) is 26.2. The number of nitrogens with one attached hydrogen (secondary N) is 1. The van der Waals surface area contributed by atoms with Gasteiger partial charge in [0.1, 0.15) is 6.04 Å². The van der Waals surface area contributed by atoms with Crippen molar-refractivity contribution >= 4 is 27.5 Å². The highest BCUT2D eigenvalue weighted by Gasteiger charge is 2.27. The summed E-state index contributed by atoms with van der Waals surface area (Å²) in [6.45, 7) is 10.1. The van der Waals surface area contributed by atoms with Crippen molar-refractivity contribution in [3.63, 3.8) is 0 Å². The Bertz CT molecular complexity index is 1100. The van der Waals surface area contributed by atoms with Crippen LogP contribution in [0.25, 0.3) is 0 Å². The van der Waals surface area contributed by atoms with Crippen molar-refractivity contribution in [2.45, 2.75) is 72.5 Å². The number of aryl methyl sites for hydroxylation is 2. The van der Waals surface area contributed by atoms with Gasteiger partial charge >= 0.3 is 0 Å². The van der Waals surface area contributed by atoms with Crippen molar-refractivity contribution in [1.82, 2.24) is 10.2 Å². The molecule has 2 rings (SSSR count). The van der Waals surface area contributed by atoms with Gasteiger partial charge in [-0.05, 0) is 63.8 Å². The lowest BCUT2D eigenvalue weighted by molar-refractivity contribution is -0.140. The Morgan fingerprint density at radius 3 is 2.23 bits per heavy atom. The van der Waals surface area contributed by atoms with Gasteiger partial charge < -0.3 is 10.2 Å². The second-order valence-electron chi connectivity index (χ2n) is 9.28. The Balaban J connectivity index is 2.16. The molecule has 0 aliphatic rings. The van der Waals surface area contributed by atoms with Crippen LogP contribution in [0.15, 0.2) is 48.5 Å². The highest BCUT2D eigenvalue weighted by atomic mass is 32.2. The Morgan fingerprint density at radius 1 is 1.00 bits per heavy atom. The average molecular weight is 502 g/mol. The van der Waals surface area contributed by atoms with Gasteiger partial charge in [-0.15, -0.1) is 0 Å². The largest absolute Gasteiger partial charge is 0.352 e. The Hall–Kier alpha value is -2.87. The van der Waals surface area contributed by atoms with Crippen molar-refractivity contribution in [2.24, 2.45) is 0 Å². The van der Waals surface area contributed by atoms with Crippen LogP contribution in [-0.4, -0.2) is 50.0 Å². The molecule has 2 amide bonds. The van der Waals surface area contributed by atoms with Crippen LogP contribution in [-0.2, 0) is 26.2 Å². The lowest BCUT2D eigenvalue weighted by Gasteiger charge is -2.30. The van der Waals surface area contributed by atoms with Crippen LogP contribution < -0.4 is 9.62 Å². The highest BCUT2D eigenvalue weighted by molar-refractivity contribution is 7.92. The minimum Gasteiger partial charge on any atom is -0.352 e. The molecule has 0 unspecified atom stereocenters. The van der Waals surface area contributed by atoms with E-state index in [0.29, 0.717) is 18.7 Å². The molecule has 192 valence electrons. The van der Waals surface area contributed by atoms with E-state index in [-0.39, 0.29) is 30.8 Å². The predicted octanol–water partition coefficient (Wildman–Crippen LogP) is 4.18. The molecule has 2 aromatic carbocycles. The summed E-state index contributed by atoms with van der Waals surface area (Å²) in [7, 11) is -3.51. The summed E-state index contributed by atoms with van der Waals surface area (Å²) < 4.78 is 26.2. The number of hydrogen-bond acceptors (Lipinski definition) is 4. The van der Waals surface area contributed by atoms with E-state index in [9.17, 15) is 18.0 Å². The minimum absolute atomic E-state index is 0.0129. The zero-order valence-electron chi connectivity index (χ0n) is 21.7. The average Bonchev–Trinajstić information content (AvgIpc) is 2.79. The van der Waals surface area contributed by atoms with Crippen molar-refractivity contribution in [2.75, 3.05) is 17.1 Å². The fraction of sp³-hybridized carbons (Fsp3) is 0.481. The second kappa shape index (κ2) is 12.7. The Morgan fingerprint density at radius 2 is 1.66 bits per heavy atom. The molecule has 8 heteroatoms. The molecule has 2 aromatic rings. The highest BCUT2D eigenvalue weighted by Crippen LogP contribution is 2.20. The number of carbonyl (C=O) groups excluding carboxylic acids is 2. The summed E-state index contributed by atoms with van der Waals surface area (Å²) in [4.78, 5) is 27.7. The SMILES string of the molecule is CC[C@H](C)NC(=O)[C@H](C)N(Cc1ccc(C)cc1)C(=O)CCCN(c1cccc(C)c1)S(C)(=O)=O. The van der Waals surface area contributed by atoms with E-state index < -0.39 is 16.1 Å². The van der Waals surface area contributed by atoms with Gasteiger partial charge in [-0.25, -0.2) is 8.42 Å². The Labute approximate surface area is 210 Å². The molecule has 0 aliphatic heterocycles. The van der Waals surface area contributed by atoms with Crippen LogP contribution in [0.3, 0.4) is 0 Å². The molecule has 0 radical (unpaired) electrons. The molecule has 0 saturated carbocycles. The number of carbonyl (C=O) groups is 2. The van der Waals surface area contributed by atoms with Crippen molar-refractivity contribution in [3.8, 4) is 0 Å². The smallest absolute Gasteiger partial charge is 0.242 e. The number of amides is 2. The molecule has 0 bridgehead atoms. The first-order valence-corrected chi connectivity index (χ1v) is 14.0. The van der Waals surface area contributed by atoms with Gasteiger partial charge in [0.15, 0.2) is 0 Å². The van der Waals surface area contributed by atoms with E-state index in [0.717, 1.165) is 23.1 Å². The summed E-state index contributed by atoms with van der Waals surface area (Å²) in [5.74, 6) is -0.382. The quantitative estimate of drug-likeness (QED) is 0.473. The molecule has 0 aliphatic carbocycles. The van der Waals surface area contributed by atoms with Crippen LogP contribution in [0.1, 0.15) is 56.7 Å². The van der Waals surface area contributed by atoms with E-state index in [1.54, 1.807) is 17.9 Å². The number of rotatable bonds is 12. The van der Waals surface area contributed by atoms with Crippen LogP contribution >= 0.6 is 0 Å². The van der Waals surface area contributed by atoms with Gasteiger partial charge in [0.05, 0.1) is 11.9 Å². The minimum atomic E-state index is -3.51. The summed E-state index contributed by atoms with van der Waals surface area (Å²) in [5, 5.41) is 2.96. The molecular weight excluding hydrogens is 462 g/mol. The predicted molar refractivity (Wildman–Crippen MR) is 142 cm³/mol. The van der Waals surface area contributed by atoms with Gasteiger partial charge in [-0.2, -0.15) is 0 Å². The number of benzene rings is 2. The van der Waals surface area contributed by atoms with Gasteiger partial charge in [-0.3, -0.25) is 13.9 Å². The molecule has 0 fully saturated rings. The number of nitrogens with zero attached hydrogens (tertiary/aromatic N) is 2. The summed E-state index contributed by atoms with van der Waals surface area (Å²) in [6, 6.07) is 14.5. The van der Waals surface area contributed by atoms with E-state index in [2.05, 4.69) is 5.32 Å². The zero-order valence-corrected chi connectivity index (χ0v) is 22.6. The third kappa shape index (κ3) is 8.69. The van der Waals surface area contributed by atoms with Gasteiger partial charge in [0, 0.05) is 25.6 Å². The normalized spacial score (nSPS) is 13.1. The summed E-state index contributed by atoms with van der Waals surface area (Å²) in [5.41, 5.74) is 3.59. The van der Waals surface area contributed by atoms with Crippen molar-refractivity contribution in [1.29, 1.82) is 0 Å². The van der Waals surface area contributed by atoms with E-state index in [4.69, 9.17) is 0 Å². The van der Waals surface area contributed by atoms with Crippen molar-refractivity contribution < 1.29 is 18.0 Å². The first kappa shape index (κ1) is 28.4. The lowest BCUT2D eigenvalue weighted by atomic mass is 10.1. The molecule has 2 atom stereocenters. The van der Waals surface area contributed by atoms with E-state index in [1.165, 1.54) is 10.6 Å². The number of anilines is 1. The topological polar surface area (TPSA) is 86.8 Å². The molecule has 0 heterocycles. The van der Waals surface area contributed by atoms with Gasteiger partial charge in [0.25, 0.3) is 0 Å². The fourth-order valence-corrected chi connectivity index (χ4v) is 4.68. The maximum Gasteiger partial charge on any atom is 0.242 e. The number of hydrogen-bond donors (Lipinski definition) is 1. The van der Waals surface area contributed by atoms with Gasteiger partial charge in [0.2, 0.25) is 21.8 Å². The first-order valence-electron chi connectivity index (χ1n) is 12.1. The Kier molecular flexibility index (Phi) is 10.3. The summed E-state index contributed by atoms with van der Waals surface area (Å²) >= 11 is 0. The maximum atomic E-state index is 13.3. The summed E-state index contributed by atoms with van der Waals surface area (Å²) in [6.07, 6.45) is 2.43. The van der Waals surface area contributed by atoms with E-state index in [1.807, 2.05) is 70.2 Å². The lowest BCUT2D eigenvalue weighted by Crippen LogP contribution is -2.49. The first-order chi connectivity index (χ1) is 16.4. The van der Waals surface area contributed by atoms with Crippen LogP contribution in [0.5, 0.6) is 0 Å². The third-order valence-electron chi connectivity index (χ3n) is 6.08. The molecule has 1 N–H and O–H groups in total. The van der Waals surface area contributed by atoms with E-state index >= 15 is 0 Å². The molecular formula is C27H39N3O4S. The van der Waals surface area contributed by atoms with Crippen LogP contribution in [0.4, 0.5) is 5.69 Å². The molecule has 0 saturated heterocycles. The molecule has 7 nitrogen and oxygen atoms in total. The second-order valence-corrected chi connectivity index (χ2v) is 11.2. The van der Waals surface area contributed by atoms with Crippen LogP contribution in [0.2, 0.25) is 0 Å². The molecule has 35 heavy (non-hydrogen) atoms. The van der Waals surface area contributed by atoms with Gasteiger partial charge in [-0.1, -0.05) is 48.9 Å². The molecule has 0 aromatic heterocycles. The maximum absolute atomic E-state index is 13.3. The molecule has 0 spiro atoms. The van der Waals surface area contributed by atoms with Crippen LogP contribution in [0, 0.1) is 13.8 Å².